The fourth-order valence-electron chi connectivity index (χ4n) is 1.74. The van der Waals surface area contributed by atoms with Gasteiger partial charge < -0.3 is 5.11 Å². The first-order valence-corrected chi connectivity index (χ1v) is 5.78. The van der Waals surface area contributed by atoms with Crippen molar-refractivity contribution < 1.29 is 41.0 Å². The second-order valence-electron chi connectivity index (χ2n) is 4.44. The normalized spacial score (nSPS) is 13.3. The number of carbonyl (C=O) groups is 2. The molecule has 0 unspecified atom stereocenters. The van der Waals surface area contributed by atoms with Gasteiger partial charge >= 0.3 is 29.6 Å². The Morgan fingerprint density at radius 1 is 1.00 bits per heavy atom. The van der Waals surface area contributed by atoms with Crippen LogP contribution >= 0.6 is 0 Å². The molecule has 23 heavy (non-hydrogen) atoms. The fourth-order valence-corrected chi connectivity index (χ4v) is 1.74. The minimum absolute atomic E-state index is 0.0232. The van der Waals surface area contributed by atoms with Gasteiger partial charge in [0.25, 0.3) is 0 Å². The van der Waals surface area contributed by atoms with Crippen molar-refractivity contribution in [2.24, 2.45) is 0 Å². The third kappa shape index (κ3) is 2.23. The van der Waals surface area contributed by atoms with Gasteiger partial charge in [0, 0.05) is 0 Å². The summed E-state index contributed by atoms with van der Waals surface area (Å²) in [5, 5.41) is 8.03. The maximum atomic E-state index is 13.7. The standard InChI is InChI=1S/C12H6F6N2O3/c13-10(14,12(17,18)11(15,16)9(22)23)8(21)20-5-19-6-3-1-2-4-7(6)20/h1-5H,(H,22,23). The average Bonchev–Trinajstić information content (AvgIpc) is 2.89. The lowest BCUT2D eigenvalue weighted by Crippen LogP contribution is -2.61. The summed E-state index contributed by atoms with van der Waals surface area (Å²) in [6.07, 6.45) is 0.454. The number of carbonyl (C=O) groups excluding carboxylic acids is 1. The number of nitrogens with zero attached hydrogens (tertiary/aromatic N) is 2. The van der Waals surface area contributed by atoms with E-state index in [9.17, 15) is 35.9 Å². The first-order chi connectivity index (χ1) is 10.4. The van der Waals surface area contributed by atoms with Crippen molar-refractivity contribution in [3.05, 3.63) is 30.6 Å². The van der Waals surface area contributed by atoms with E-state index in [0.29, 0.717) is 6.33 Å². The summed E-state index contributed by atoms with van der Waals surface area (Å²) in [4.78, 5) is 25.3. The van der Waals surface area contributed by atoms with Crippen LogP contribution in [0.4, 0.5) is 26.3 Å². The molecule has 0 saturated carbocycles. The third-order valence-electron chi connectivity index (χ3n) is 3.00. The molecule has 2 aromatic rings. The first kappa shape index (κ1) is 16.8. The zero-order valence-corrected chi connectivity index (χ0v) is 10.8. The summed E-state index contributed by atoms with van der Waals surface area (Å²) in [5.41, 5.74) is -0.350. The molecule has 5 nitrogen and oxygen atoms in total. The summed E-state index contributed by atoms with van der Waals surface area (Å²) >= 11 is 0. The number of hydrogen-bond acceptors (Lipinski definition) is 3. The van der Waals surface area contributed by atoms with E-state index in [2.05, 4.69) is 4.98 Å². The molecule has 0 radical (unpaired) electrons. The van der Waals surface area contributed by atoms with E-state index in [4.69, 9.17) is 5.11 Å². The second kappa shape index (κ2) is 4.96. The van der Waals surface area contributed by atoms with Crippen LogP contribution in [0.1, 0.15) is 4.79 Å². The highest BCUT2D eigenvalue weighted by molar-refractivity contribution is 5.95. The summed E-state index contributed by atoms with van der Waals surface area (Å²) in [5.74, 6) is -24.8. The number of rotatable bonds is 4. The lowest BCUT2D eigenvalue weighted by Gasteiger charge is -2.29. The second-order valence-corrected chi connectivity index (χ2v) is 4.44. The number of alkyl halides is 6. The molecule has 0 aliphatic carbocycles. The maximum absolute atomic E-state index is 13.7. The van der Waals surface area contributed by atoms with E-state index in [1.165, 1.54) is 18.2 Å². The minimum atomic E-state index is -6.45. The first-order valence-electron chi connectivity index (χ1n) is 5.78. The monoisotopic (exact) mass is 340 g/mol. The average molecular weight is 340 g/mol. The number of para-hydroxylation sites is 2. The van der Waals surface area contributed by atoms with Gasteiger partial charge in [0.2, 0.25) is 0 Å². The zero-order valence-electron chi connectivity index (χ0n) is 10.8. The molecule has 0 saturated heterocycles. The smallest absolute Gasteiger partial charge is 0.411 e. The number of aliphatic carboxylic acids is 1. The highest BCUT2D eigenvalue weighted by Crippen LogP contribution is 2.46. The Morgan fingerprint density at radius 3 is 2.13 bits per heavy atom. The summed E-state index contributed by atoms with van der Waals surface area (Å²) in [7, 11) is 0. The number of imidazole rings is 1. The van der Waals surface area contributed by atoms with E-state index < -0.39 is 29.6 Å². The third-order valence-corrected chi connectivity index (χ3v) is 3.00. The Morgan fingerprint density at radius 2 is 1.57 bits per heavy atom. The van der Waals surface area contributed by atoms with E-state index in [1.807, 2.05) is 0 Å². The van der Waals surface area contributed by atoms with Crippen LogP contribution in [0, 0.1) is 0 Å². The molecular formula is C12H6F6N2O3. The molecule has 0 aliphatic rings. The van der Waals surface area contributed by atoms with Crippen molar-refractivity contribution in [2.75, 3.05) is 0 Å². The van der Waals surface area contributed by atoms with E-state index in [-0.39, 0.29) is 15.6 Å². The molecule has 0 fully saturated rings. The number of aromatic nitrogens is 2. The zero-order chi connectivity index (χ0) is 17.6. The lowest BCUT2D eigenvalue weighted by atomic mass is 10.0. The Labute approximate surface area is 123 Å². The maximum Gasteiger partial charge on any atom is 0.411 e. The predicted molar refractivity (Wildman–Crippen MR) is 62.8 cm³/mol. The Kier molecular flexibility index (Phi) is 3.62. The number of halogens is 6. The molecule has 0 aliphatic heterocycles. The Balaban J connectivity index is 2.54. The van der Waals surface area contributed by atoms with Gasteiger partial charge in [-0.05, 0) is 12.1 Å². The van der Waals surface area contributed by atoms with Crippen LogP contribution in [-0.2, 0) is 4.79 Å². The van der Waals surface area contributed by atoms with Gasteiger partial charge in [-0.3, -0.25) is 9.36 Å². The molecule has 0 atom stereocenters. The summed E-state index contributed by atoms with van der Waals surface area (Å²) < 4.78 is 79.8. The van der Waals surface area contributed by atoms with Crippen molar-refractivity contribution in [2.45, 2.75) is 17.8 Å². The Hall–Kier alpha value is -2.59. The minimum Gasteiger partial charge on any atom is -0.477 e. The highest BCUT2D eigenvalue weighted by atomic mass is 19.3. The number of carboxylic acids is 1. The fraction of sp³-hybridized carbons (Fsp3) is 0.250. The van der Waals surface area contributed by atoms with Crippen molar-refractivity contribution in [3.8, 4) is 0 Å². The van der Waals surface area contributed by atoms with Crippen LogP contribution in [0.15, 0.2) is 30.6 Å². The van der Waals surface area contributed by atoms with Crippen molar-refractivity contribution in [1.29, 1.82) is 0 Å². The molecule has 1 aromatic carbocycles. The van der Waals surface area contributed by atoms with Crippen molar-refractivity contribution in [1.82, 2.24) is 9.55 Å². The quantitative estimate of drug-likeness (QED) is 0.869. The summed E-state index contributed by atoms with van der Waals surface area (Å²) in [6, 6.07) is 5.02. The van der Waals surface area contributed by atoms with Crippen LogP contribution in [0.2, 0.25) is 0 Å². The number of benzene rings is 1. The molecule has 124 valence electrons. The van der Waals surface area contributed by atoms with Crippen LogP contribution in [0.3, 0.4) is 0 Å². The SMILES string of the molecule is O=C(O)C(F)(F)C(F)(F)C(F)(F)C(=O)n1cnc2ccccc21. The van der Waals surface area contributed by atoms with Gasteiger partial charge in [-0.25, -0.2) is 9.78 Å². The molecule has 2 rings (SSSR count). The lowest BCUT2D eigenvalue weighted by molar-refractivity contribution is -0.286. The van der Waals surface area contributed by atoms with E-state index >= 15 is 0 Å². The molecule has 1 aromatic heterocycles. The molecule has 11 heteroatoms. The largest absolute Gasteiger partial charge is 0.477 e. The van der Waals surface area contributed by atoms with Gasteiger partial charge in [-0.2, -0.15) is 26.3 Å². The van der Waals surface area contributed by atoms with E-state index in [0.717, 1.165) is 6.07 Å². The van der Waals surface area contributed by atoms with Crippen LogP contribution in [0.25, 0.3) is 11.0 Å². The van der Waals surface area contributed by atoms with Crippen LogP contribution in [0.5, 0.6) is 0 Å². The molecule has 0 spiro atoms. The molecular weight excluding hydrogens is 334 g/mol. The Bertz CT molecular complexity index is 786. The summed E-state index contributed by atoms with van der Waals surface area (Å²) in [6.45, 7) is 0. The van der Waals surface area contributed by atoms with Crippen molar-refractivity contribution >= 4 is 22.9 Å². The van der Waals surface area contributed by atoms with E-state index in [1.54, 1.807) is 0 Å². The topological polar surface area (TPSA) is 72.2 Å². The van der Waals surface area contributed by atoms with Crippen LogP contribution < -0.4 is 0 Å². The van der Waals surface area contributed by atoms with Gasteiger partial charge in [-0.1, -0.05) is 12.1 Å². The number of carboxylic acid groups (broad SMARTS) is 1. The number of hydrogen-bond donors (Lipinski definition) is 1. The molecule has 0 bridgehead atoms. The van der Waals surface area contributed by atoms with Crippen molar-refractivity contribution in [3.63, 3.8) is 0 Å². The highest BCUT2D eigenvalue weighted by Gasteiger charge is 2.78. The van der Waals surface area contributed by atoms with Gasteiger partial charge in [0.05, 0.1) is 11.0 Å². The molecule has 1 N–H and O–H groups in total. The van der Waals surface area contributed by atoms with Gasteiger partial charge in [0.1, 0.15) is 6.33 Å². The predicted octanol–water partition coefficient (Wildman–Crippen LogP) is 2.67. The molecule has 0 amide bonds. The molecule has 1 heterocycles. The van der Waals surface area contributed by atoms with Gasteiger partial charge in [-0.15, -0.1) is 0 Å². The van der Waals surface area contributed by atoms with Gasteiger partial charge in [0.15, 0.2) is 0 Å². The number of fused-ring (bicyclic) bond motifs is 1. The van der Waals surface area contributed by atoms with Crippen LogP contribution in [-0.4, -0.2) is 44.3 Å².